The molecule has 0 aliphatic rings. The highest BCUT2D eigenvalue weighted by atomic mass is 35.5. The van der Waals surface area contributed by atoms with Crippen molar-refractivity contribution in [1.82, 2.24) is 4.90 Å². The fourth-order valence-corrected chi connectivity index (χ4v) is 3.45. The molecule has 0 heterocycles. The van der Waals surface area contributed by atoms with E-state index in [0.29, 0.717) is 12.4 Å². The Hall–Kier alpha value is -0.280. The van der Waals surface area contributed by atoms with Crippen LogP contribution < -0.4 is 5.73 Å². The third-order valence-corrected chi connectivity index (χ3v) is 5.05. The van der Waals surface area contributed by atoms with Crippen molar-refractivity contribution >= 4 is 18.2 Å². The third-order valence-electron chi connectivity index (χ3n) is 5.05. The van der Waals surface area contributed by atoms with Gasteiger partial charge in [-0.25, -0.2) is 0 Å². The molecule has 3 nitrogen and oxygen atoms in total. The summed E-state index contributed by atoms with van der Waals surface area (Å²) >= 11 is 0. The molecule has 0 amide bonds. The maximum Gasteiger partial charge on any atom is 0.105 e. The summed E-state index contributed by atoms with van der Waals surface area (Å²) in [5, 5.41) is 7.58. The SMILES string of the molecule is CCCCCCCCCCN(CCCCCCCCCC)CC(=N)N.Cl. The average Bonchev–Trinajstić information content (AvgIpc) is 2.58. The first-order valence-electron chi connectivity index (χ1n) is 11.3. The maximum atomic E-state index is 7.58. The molecule has 26 heavy (non-hydrogen) atoms. The van der Waals surface area contributed by atoms with Crippen LogP contribution in [0.3, 0.4) is 0 Å². The molecule has 0 radical (unpaired) electrons. The lowest BCUT2D eigenvalue weighted by atomic mass is 10.1. The molecule has 0 aromatic rings. The van der Waals surface area contributed by atoms with Crippen LogP contribution in [0.2, 0.25) is 0 Å². The zero-order chi connectivity index (χ0) is 18.6. The van der Waals surface area contributed by atoms with E-state index in [-0.39, 0.29) is 12.4 Å². The van der Waals surface area contributed by atoms with Crippen LogP contribution in [-0.2, 0) is 0 Å². The Balaban J connectivity index is 0. The van der Waals surface area contributed by atoms with Crippen LogP contribution in [0, 0.1) is 5.41 Å². The van der Waals surface area contributed by atoms with E-state index in [1.54, 1.807) is 0 Å². The molecule has 0 bridgehead atoms. The standard InChI is InChI=1S/C22H47N3.ClH/c1-3-5-7-9-11-13-15-17-19-25(21-22(23)24)20-18-16-14-12-10-8-6-4-2;/h3-21H2,1-2H3,(H3,23,24);1H. The molecule has 3 N–H and O–H groups in total. The molecule has 0 unspecified atom stereocenters. The summed E-state index contributed by atoms with van der Waals surface area (Å²) in [4.78, 5) is 2.40. The van der Waals surface area contributed by atoms with Crippen LogP contribution >= 0.6 is 12.4 Å². The van der Waals surface area contributed by atoms with Crippen LogP contribution in [0.1, 0.15) is 117 Å². The average molecular weight is 390 g/mol. The summed E-state index contributed by atoms with van der Waals surface area (Å²) in [6, 6.07) is 0. The van der Waals surface area contributed by atoms with Gasteiger partial charge in [-0.05, 0) is 25.9 Å². The van der Waals surface area contributed by atoms with E-state index >= 15 is 0 Å². The number of amidine groups is 1. The molecule has 158 valence electrons. The Morgan fingerprint density at radius 2 is 0.923 bits per heavy atom. The highest BCUT2D eigenvalue weighted by Crippen LogP contribution is 2.11. The van der Waals surface area contributed by atoms with E-state index in [2.05, 4.69) is 18.7 Å². The lowest BCUT2D eigenvalue weighted by molar-refractivity contribution is 0.292. The Morgan fingerprint density at radius 3 is 1.23 bits per heavy atom. The predicted molar refractivity (Wildman–Crippen MR) is 121 cm³/mol. The molecule has 0 atom stereocenters. The Bertz CT molecular complexity index is 265. The number of rotatable bonds is 20. The van der Waals surface area contributed by atoms with Gasteiger partial charge in [0.2, 0.25) is 0 Å². The van der Waals surface area contributed by atoms with Gasteiger partial charge in [-0.15, -0.1) is 12.4 Å². The quantitative estimate of drug-likeness (QED) is 0.135. The van der Waals surface area contributed by atoms with Gasteiger partial charge < -0.3 is 5.73 Å². The van der Waals surface area contributed by atoms with Crippen LogP contribution in [0.4, 0.5) is 0 Å². The van der Waals surface area contributed by atoms with Gasteiger partial charge in [0.05, 0.1) is 6.54 Å². The number of halogens is 1. The molecule has 0 aromatic heterocycles. The summed E-state index contributed by atoms with van der Waals surface area (Å²) in [7, 11) is 0. The van der Waals surface area contributed by atoms with Crippen molar-refractivity contribution in [2.24, 2.45) is 5.73 Å². The number of hydrogen-bond acceptors (Lipinski definition) is 2. The number of unbranched alkanes of at least 4 members (excludes halogenated alkanes) is 14. The van der Waals surface area contributed by atoms with Gasteiger partial charge in [0.25, 0.3) is 0 Å². The molecule has 0 aromatic carbocycles. The lowest BCUT2D eigenvalue weighted by Crippen LogP contribution is -2.34. The normalized spacial score (nSPS) is 10.9. The topological polar surface area (TPSA) is 53.1 Å². The minimum atomic E-state index is 0. The first-order chi connectivity index (χ1) is 12.2. The van der Waals surface area contributed by atoms with Gasteiger partial charge in [0.1, 0.15) is 5.84 Å². The van der Waals surface area contributed by atoms with Gasteiger partial charge in [-0.2, -0.15) is 0 Å². The summed E-state index contributed by atoms with van der Waals surface area (Å²) in [6.07, 6.45) is 21.8. The monoisotopic (exact) mass is 389 g/mol. The van der Waals surface area contributed by atoms with E-state index < -0.39 is 0 Å². The summed E-state index contributed by atoms with van der Waals surface area (Å²) < 4.78 is 0. The van der Waals surface area contributed by atoms with Crippen molar-refractivity contribution in [2.45, 2.75) is 117 Å². The minimum Gasteiger partial charge on any atom is -0.387 e. The molecule has 0 rings (SSSR count). The molecular formula is C22H48ClN3. The largest absolute Gasteiger partial charge is 0.387 e. The molecule has 0 saturated carbocycles. The molecule has 0 aliphatic heterocycles. The summed E-state index contributed by atoms with van der Waals surface area (Å²) in [5.74, 6) is 0.319. The number of nitrogens with zero attached hydrogens (tertiary/aromatic N) is 1. The fraction of sp³-hybridized carbons (Fsp3) is 0.955. The van der Waals surface area contributed by atoms with Gasteiger partial charge in [0, 0.05) is 0 Å². The van der Waals surface area contributed by atoms with E-state index in [4.69, 9.17) is 11.1 Å². The number of nitrogens with two attached hydrogens (primary N) is 1. The second-order valence-corrected chi connectivity index (χ2v) is 7.75. The Kier molecular flexibility index (Phi) is 24.5. The molecule has 0 saturated heterocycles. The van der Waals surface area contributed by atoms with Gasteiger partial charge in [-0.3, -0.25) is 10.3 Å². The van der Waals surface area contributed by atoms with E-state index in [1.807, 2.05) is 0 Å². The molecule has 0 fully saturated rings. The van der Waals surface area contributed by atoms with Crippen molar-refractivity contribution < 1.29 is 0 Å². The fourth-order valence-electron chi connectivity index (χ4n) is 3.45. The highest BCUT2D eigenvalue weighted by molar-refractivity contribution is 5.85. The summed E-state index contributed by atoms with van der Waals surface area (Å²) in [5.41, 5.74) is 5.63. The first kappa shape index (κ1) is 27.9. The van der Waals surface area contributed by atoms with Crippen molar-refractivity contribution in [3.05, 3.63) is 0 Å². The van der Waals surface area contributed by atoms with Crippen molar-refractivity contribution in [3.63, 3.8) is 0 Å². The first-order valence-corrected chi connectivity index (χ1v) is 11.3. The van der Waals surface area contributed by atoms with Gasteiger partial charge >= 0.3 is 0 Å². The number of hydrogen-bond donors (Lipinski definition) is 2. The molecule has 4 heteroatoms. The Morgan fingerprint density at radius 1 is 0.615 bits per heavy atom. The molecule has 0 spiro atoms. The second kappa shape index (κ2) is 22.8. The van der Waals surface area contributed by atoms with Crippen molar-refractivity contribution in [2.75, 3.05) is 19.6 Å². The third kappa shape index (κ3) is 21.8. The van der Waals surface area contributed by atoms with E-state index in [0.717, 1.165) is 13.1 Å². The molecular weight excluding hydrogens is 342 g/mol. The van der Waals surface area contributed by atoms with Crippen LogP contribution in [0.15, 0.2) is 0 Å². The zero-order valence-corrected chi connectivity index (χ0v) is 18.7. The Labute approximate surface area is 170 Å². The van der Waals surface area contributed by atoms with Crippen molar-refractivity contribution in [3.8, 4) is 0 Å². The number of nitrogens with one attached hydrogen (secondary N) is 1. The van der Waals surface area contributed by atoms with E-state index in [1.165, 1.54) is 103 Å². The van der Waals surface area contributed by atoms with E-state index in [9.17, 15) is 0 Å². The molecule has 0 aliphatic carbocycles. The van der Waals surface area contributed by atoms with Gasteiger partial charge in [0.15, 0.2) is 0 Å². The lowest BCUT2D eigenvalue weighted by Gasteiger charge is -2.21. The highest BCUT2D eigenvalue weighted by Gasteiger charge is 2.06. The van der Waals surface area contributed by atoms with Gasteiger partial charge in [-0.1, -0.05) is 104 Å². The van der Waals surface area contributed by atoms with Crippen LogP contribution in [-0.4, -0.2) is 30.4 Å². The van der Waals surface area contributed by atoms with Crippen LogP contribution in [0.5, 0.6) is 0 Å². The predicted octanol–water partition coefficient (Wildman–Crippen LogP) is 6.93. The maximum absolute atomic E-state index is 7.58. The minimum absolute atomic E-state index is 0. The zero-order valence-electron chi connectivity index (χ0n) is 17.9. The summed E-state index contributed by atoms with van der Waals surface area (Å²) in [6.45, 7) is 7.44. The second-order valence-electron chi connectivity index (χ2n) is 7.75. The van der Waals surface area contributed by atoms with Crippen molar-refractivity contribution in [1.29, 1.82) is 5.41 Å². The van der Waals surface area contributed by atoms with Crippen LogP contribution in [0.25, 0.3) is 0 Å². The smallest absolute Gasteiger partial charge is 0.105 e.